The van der Waals surface area contributed by atoms with Crippen molar-refractivity contribution in [3.05, 3.63) is 39.9 Å². The number of allylic oxidation sites excluding steroid dienone is 1. The topological polar surface area (TPSA) is 52.7 Å². The molecule has 2 aromatic heterocycles. The molecular formula is C14H17ClN4O. The Morgan fingerprint density at radius 2 is 2.10 bits per heavy atom. The number of rotatable bonds is 4. The molecular weight excluding hydrogens is 276 g/mol. The van der Waals surface area contributed by atoms with E-state index in [1.807, 2.05) is 27.8 Å². The van der Waals surface area contributed by atoms with E-state index in [1.54, 1.807) is 21.6 Å². The minimum atomic E-state index is -0.0878. The smallest absolute Gasteiger partial charge is 0.189 e. The molecule has 106 valence electrons. The summed E-state index contributed by atoms with van der Waals surface area (Å²) in [5.74, 6) is -0.0878. The van der Waals surface area contributed by atoms with E-state index in [4.69, 9.17) is 11.6 Å². The van der Waals surface area contributed by atoms with Crippen molar-refractivity contribution in [2.45, 2.75) is 27.3 Å². The first kappa shape index (κ1) is 14.5. The van der Waals surface area contributed by atoms with Crippen LogP contribution in [0.25, 0.3) is 6.08 Å². The summed E-state index contributed by atoms with van der Waals surface area (Å²) < 4.78 is 3.43. The molecule has 0 atom stereocenters. The van der Waals surface area contributed by atoms with Crippen LogP contribution in [0.15, 0.2) is 12.3 Å². The fourth-order valence-electron chi connectivity index (χ4n) is 2.06. The van der Waals surface area contributed by atoms with Gasteiger partial charge in [0.25, 0.3) is 0 Å². The van der Waals surface area contributed by atoms with Crippen LogP contribution in [-0.2, 0) is 13.6 Å². The minimum absolute atomic E-state index is 0.0878. The summed E-state index contributed by atoms with van der Waals surface area (Å²) >= 11 is 6.06. The van der Waals surface area contributed by atoms with Crippen molar-refractivity contribution in [1.82, 2.24) is 19.6 Å². The summed E-state index contributed by atoms with van der Waals surface area (Å²) in [6.45, 7) is 6.42. The van der Waals surface area contributed by atoms with E-state index in [1.165, 1.54) is 6.08 Å². The molecule has 0 aliphatic heterocycles. The highest BCUT2D eigenvalue weighted by atomic mass is 35.5. The van der Waals surface area contributed by atoms with Gasteiger partial charge in [-0.2, -0.15) is 10.2 Å². The lowest BCUT2D eigenvalue weighted by atomic mass is 10.1. The van der Waals surface area contributed by atoms with Crippen LogP contribution in [0, 0.1) is 13.8 Å². The largest absolute Gasteiger partial charge is 0.289 e. The Bertz CT molecular complexity index is 682. The zero-order valence-electron chi connectivity index (χ0n) is 12.0. The van der Waals surface area contributed by atoms with Crippen LogP contribution in [0.3, 0.4) is 0 Å². The lowest BCUT2D eigenvalue weighted by Gasteiger charge is -1.96. The van der Waals surface area contributed by atoms with Crippen LogP contribution in [0.1, 0.15) is 34.4 Å². The SMILES string of the molecule is CCn1cc(Cl)c(/C=C/C(=O)c2c(C)nn(C)c2C)n1. The van der Waals surface area contributed by atoms with Gasteiger partial charge in [-0.25, -0.2) is 0 Å². The van der Waals surface area contributed by atoms with Gasteiger partial charge >= 0.3 is 0 Å². The fourth-order valence-corrected chi connectivity index (χ4v) is 2.27. The highest BCUT2D eigenvalue weighted by Crippen LogP contribution is 2.17. The molecule has 20 heavy (non-hydrogen) atoms. The van der Waals surface area contributed by atoms with Crippen molar-refractivity contribution in [2.75, 3.05) is 0 Å². The lowest BCUT2D eigenvalue weighted by Crippen LogP contribution is -1.99. The summed E-state index contributed by atoms with van der Waals surface area (Å²) in [4.78, 5) is 12.2. The number of ketones is 1. The Labute approximate surface area is 122 Å². The van der Waals surface area contributed by atoms with Gasteiger partial charge in [0.05, 0.1) is 16.3 Å². The third kappa shape index (κ3) is 2.67. The van der Waals surface area contributed by atoms with Gasteiger partial charge in [0.15, 0.2) is 5.78 Å². The third-order valence-electron chi connectivity index (χ3n) is 3.22. The molecule has 0 saturated heterocycles. The summed E-state index contributed by atoms with van der Waals surface area (Å²) in [7, 11) is 1.82. The van der Waals surface area contributed by atoms with Crippen molar-refractivity contribution in [2.24, 2.45) is 7.05 Å². The van der Waals surface area contributed by atoms with Gasteiger partial charge in [-0.05, 0) is 32.9 Å². The van der Waals surface area contributed by atoms with E-state index in [2.05, 4.69) is 10.2 Å². The van der Waals surface area contributed by atoms with Crippen LogP contribution < -0.4 is 0 Å². The van der Waals surface area contributed by atoms with E-state index >= 15 is 0 Å². The molecule has 2 aromatic rings. The first-order valence-corrected chi connectivity index (χ1v) is 6.77. The summed E-state index contributed by atoms with van der Waals surface area (Å²) in [5.41, 5.74) is 2.81. The van der Waals surface area contributed by atoms with Crippen LogP contribution in [0.4, 0.5) is 0 Å². The van der Waals surface area contributed by atoms with Gasteiger partial charge in [0.1, 0.15) is 5.69 Å². The maximum atomic E-state index is 12.2. The van der Waals surface area contributed by atoms with Gasteiger partial charge in [-0.1, -0.05) is 11.6 Å². The normalized spacial score (nSPS) is 11.4. The van der Waals surface area contributed by atoms with E-state index < -0.39 is 0 Å². The average molecular weight is 293 g/mol. The zero-order chi connectivity index (χ0) is 14.9. The predicted octanol–water partition coefficient (Wildman–Crippen LogP) is 2.80. The van der Waals surface area contributed by atoms with Crippen molar-refractivity contribution >= 4 is 23.5 Å². The predicted molar refractivity (Wildman–Crippen MR) is 79.0 cm³/mol. The van der Waals surface area contributed by atoms with Crippen molar-refractivity contribution in [1.29, 1.82) is 0 Å². The highest BCUT2D eigenvalue weighted by Gasteiger charge is 2.15. The molecule has 5 nitrogen and oxygen atoms in total. The number of hydrogen-bond acceptors (Lipinski definition) is 3. The lowest BCUT2D eigenvalue weighted by molar-refractivity contribution is 0.104. The zero-order valence-corrected chi connectivity index (χ0v) is 12.8. The summed E-state index contributed by atoms with van der Waals surface area (Å²) in [6.07, 6.45) is 4.88. The standard InChI is InChI=1S/C14H17ClN4O/c1-5-19-8-11(15)12(17-19)6-7-13(20)14-9(2)16-18(4)10(14)3/h6-8H,5H2,1-4H3/b7-6+. The summed E-state index contributed by atoms with van der Waals surface area (Å²) in [5, 5.41) is 9.04. The molecule has 2 rings (SSSR count). The molecule has 0 radical (unpaired) electrons. The number of nitrogens with zero attached hydrogens (tertiary/aromatic N) is 4. The molecule has 2 heterocycles. The van der Waals surface area contributed by atoms with Crippen molar-refractivity contribution in [3.63, 3.8) is 0 Å². The number of halogens is 1. The second-order valence-corrected chi connectivity index (χ2v) is 4.99. The molecule has 0 N–H and O–H groups in total. The number of carbonyl (C=O) groups is 1. The van der Waals surface area contributed by atoms with E-state index in [0.29, 0.717) is 16.3 Å². The molecule has 0 bridgehead atoms. The van der Waals surface area contributed by atoms with E-state index in [-0.39, 0.29) is 5.78 Å². The van der Waals surface area contributed by atoms with Crippen LogP contribution >= 0.6 is 11.6 Å². The maximum Gasteiger partial charge on any atom is 0.189 e. The molecule has 0 aliphatic rings. The quantitative estimate of drug-likeness (QED) is 0.643. The van der Waals surface area contributed by atoms with E-state index in [9.17, 15) is 4.79 Å². The Hall–Kier alpha value is -1.88. The van der Waals surface area contributed by atoms with Crippen molar-refractivity contribution < 1.29 is 4.79 Å². The van der Waals surface area contributed by atoms with Gasteiger partial charge in [-0.15, -0.1) is 0 Å². The first-order chi connectivity index (χ1) is 9.43. The molecule has 0 aliphatic carbocycles. The Balaban J connectivity index is 2.27. The van der Waals surface area contributed by atoms with Crippen LogP contribution in [-0.4, -0.2) is 25.3 Å². The van der Waals surface area contributed by atoms with Gasteiger partial charge < -0.3 is 0 Å². The van der Waals surface area contributed by atoms with Crippen LogP contribution in [0.5, 0.6) is 0 Å². The number of hydrogen-bond donors (Lipinski definition) is 0. The van der Waals surface area contributed by atoms with Gasteiger partial charge in [-0.3, -0.25) is 14.2 Å². The van der Waals surface area contributed by atoms with Crippen LogP contribution in [0.2, 0.25) is 5.02 Å². The molecule has 0 fully saturated rings. The maximum absolute atomic E-state index is 12.2. The van der Waals surface area contributed by atoms with E-state index in [0.717, 1.165) is 17.9 Å². The Morgan fingerprint density at radius 1 is 1.40 bits per heavy atom. The fraction of sp³-hybridized carbons (Fsp3) is 0.357. The monoisotopic (exact) mass is 292 g/mol. The number of carbonyl (C=O) groups excluding carboxylic acids is 1. The molecule has 0 aromatic carbocycles. The first-order valence-electron chi connectivity index (χ1n) is 6.39. The molecule has 0 amide bonds. The third-order valence-corrected chi connectivity index (χ3v) is 3.51. The molecule has 6 heteroatoms. The molecule has 0 spiro atoms. The van der Waals surface area contributed by atoms with Gasteiger partial charge in [0, 0.05) is 25.5 Å². The second kappa shape index (κ2) is 5.63. The second-order valence-electron chi connectivity index (χ2n) is 4.58. The summed E-state index contributed by atoms with van der Waals surface area (Å²) in [6, 6.07) is 0. The average Bonchev–Trinajstić information content (AvgIpc) is 2.88. The Kier molecular flexibility index (Phi) is 4.09. The number of aromatic nitrogens is 4. The highest BCUT2D eigenvalue weighted by molar-refractivity contribution is 6.31. The molecule has 0 saturated carbocycles. The van der Waals surface area contributed by atoms with Gasteiger partial charge in [0.2, 0.25) is 0 Å². The minimum Gasteiger partial charge on any atom is -0.289 e. The Morgan fingerprint density at radius 3 is 2.60 bits per heavy atom. The van der Waals surface area contributed by atoms with Crippen molar-refractivity contribution in [3.8, 4) is 0 Å². The molecule has 0 unspecified atom stereocenters. The number of aryl methyl sites for hydroxylation is 3.